The molecule has 1 aromatic heterocycles. The number of carbonyl (C=O) groups excluding carboxylic acids is 2. The van der Waals surface area contributed by atoms with Crippen molar-refractivity contribution in [3.63, 3.8) is 0 Å². The first-order valence-corrected chi connectivity index (χ1v) is 11.7. The van der Waals surface area contributed by atoms with Gasteiger partial charge in [-0.25, -0.2) is 0 Å². The van der Waals surface area contributed by atoms with Crippen LogP contribution in [0.1, 0.15) is 38.7 Å². The van der Waals surface area contributed by atoms with Gasteiger partial charge in [-0.2, -0.15) is 0 Å². The van der Waals surface area contributed by atoms with E-state index >= 15 is 0 Å². The van der Waals surface area contributed by atoms with Crippen molar-refractivity contribution in [2.24, 2.45) is 0 Å². The van der Waals surface area contributed by atoms with E-state index in [-0.39, 0.29) is 11.8 Å². The maximum atomic E-state index is 12.8. The van der Waals surface area contributed by atoms with E-state index in [1.165, 1.54) is 0 Å². The minimum absolute atomic E-state index is 0.199. The SMILES string of the molecule is CC(C)(Oc1nn(Cc2cccc(Cl)c2)c2ccccc12)C(=O)NCCCN1CCCC1=O. The second-order valence-corrected chi connectivity index (χ2v) is 9.25. The molecule has 4 rings (SSSR count). The summed E-state index contributed by atoms with van der Waals surface area (Å²) in [6.45, 7) is 5.96. The highest BCUT2D eigenvalue weighted by Crippen LogP contribution is 2.29. The molecule has 1 aliphatic rings. The molecule has 2 amide bonds. The summed E-state index contributed by atoms with van der Waals surface area (Å²) in [5.74, 6) is 0.393. The smallest absolute Gasteiger partial charge is 0.263 e. The van der Waals surface area contributed by atoms with Crippen LogP contribution in [-0.4, -0.2) is 51.7 Å². The van der Waals surface area contributed by atoms with E-state index in [1.807, 2.05) is 58.1 Å². The van der Waals surface area contributed by atoms with Gasteiger partial charge in [-0.3, -0.25) is 14.3 Å². The maximum absolute atomic E-state index is 12.8. The lowest BCUT2D eigenvalue weighted by molar-refractivity contribution is -0.134. The molecule has 8 heteroatoms. The molecule has 0 spiro atoms. The molecular formula is C25H29ClN4O3. The third kappa shape index (κ3) is 5.47. The van der Waals surface area contributed by atoms with E-state index in [2.05, 4.69) is 10.4 Å². The number of hydrogen-bond donors (Lipinski definition) is 1. The lowest BCUT2D eigenvalue weighted by Gasteiger charge is -2.24. The van der Waals surface area contributed by atoms with Crippen molar-refractivity contribution in [1.29, 1.82) is 0 Å². The number of para-hydroxylation sites is 1. The van der Waals surface area contributed by atoms with Gasteiger partial charge in [0.25, 0.3) is 5.91 Å². The molecule has 3 aromatic rings. The molecule has 0 atom stereocenters. The van der Waals surface area contributed by atoms with Crippen molar-refractivity contribution >= 4 is 34.3 Å². The first-order valence-electron chi connectivity index (χ1n) is 11.3. The summed E-state index contributed by atoms with van der Waals surface area (Å²) in [5.41, 5.74) is 0.830. The molecule has 1 fully saturated rings. The highest BCUT2D eigenvalue weighted by molar-refractivity contribution is 6.30. The van der Waals surface area contributed by atoms with Crippen molar-refractivity contribution < 1.29 is 14.3 Å². The van der Waals surface area contributed by atoms with E-state index in [1.54, 1.807) is 13.8 Å². The van der Waals surface area contributed by atoms with Crippen molar-refractivity contribution in [3.8, 4) is 5.88 Å². The number of nitrogens with one attached hydrogen (secondary N) is 1. The Bertz CT molecular complexity index is 1160. The third-order valence-electron chi connectivity index (χ3n) is 5.81. The summed E-state index contributed by atoms with van der Waals surface area (Å²) in [5, 5.41) is 9.11. The predicted octanol–water partition coefficient (Wildman–Crippen LogP) is 4.02. The number of benzene rings is 2. The van der Waals surface area contributed by atoms with Crippen LogP contribution >= 0.6 is 11.6 Å². The van der Waals surface area contributed by atoms with Gasteiger partial charge in [-0.1, -0.05) is 35.9 Å². The van der Waals surface area contributed by atoms with E-state index in [9.17, 15) is 9.59 Å². The lowest BCUT2D eigenvalue weighted by atomic mass is 10.1. The number of rotatable bonds is 9. The number of aromatic nitrogens is 2. The van der Waals surface area contributed by atoms with Crippen molar-refractivity contribution in [3.05, 3.63) is 59.1 Å². The number of halogens is 1. The van der Waals surface area contributed by atoms with Crippen LogP contribution in [0, 0.1) is 0 Å². The van der Waals surface area contributed by atoms with Gasteiger partial charge in [0.1, 0.15) is 0 Å². The van der Waals surface area contributed by atoms with Crippen LogP contribution in [0.25, 0.3) is 10.9 Å². The van der Waals surface area contributed by atoms with Crippen molar-refractivity contribution in [2.45, 2.75) is 45.3 Å². The van der Waals surface area contributed by atoms with Gasteiger partial charge < -0.3 is 15.0 Å². The third-order valence-corrected chi connectivity index (χ3v) is 6.04. The molecule has 0 saturated carbocycles. The highest BCUT2D eigenvalue weighted by Gasteiger charge is 2.31. The molecule has 33 heavy (non-hydrogen) atoms. The largest absolute Gasteiger partial charge is 0.460 e. The first-order chi connectivity index (χ1) is 15.8. The van der Waals surface area contributed by atoms with E-state index < -0.39 is 5.60 Å². The Morgan fingerprint density at radius 3 is 2.79 bits per heavy atom. The van der Waals surface area contributed by atoms with Gasteiger partial charge in [0.05, 0.1) is 17.4 Å². The monoisotopic (exact) mass is 468 g/mol. The summed E-state index contributed by atoms with van der Waals surface area (Å²) < 4.78 is 7.99. The molecule has 1 N–H and O–H groups in total. The molecule has 2 heterocycles. The molecule has 7 nitrogen and oxygen atoms in total. The molecule has 0 unspecified atom stereocenters. The summed E-state index contributed by atoms with van der Waals surface area (Å²) in [6.07, 6.45) is 2.26. The molecule has 0 aliphatic carbocycles. The molecule has 1 aliphatic heterocycles. The average Bonchev–Trinajstić information content (AvgIpc) is 3.34. The van der Waals surface area contributed by atoms with Gasteiger partial charge in [-0.15, -0.1) is 5.10 Å². The van der Waals surface area contributed by atoms with E-state index in [0.29, 0.717) is 43.4 Å². The van der Waals surface area contributed by atoms with Crippen molar-refractivity contribution in [1.82, 2.24) is 20.0 Å². The van der Waals surface area contributed by atoms with Crippen LogP contribution in [0.4, 0.5) is 0 Å². The predicted molar refractivity (Wildman–Crippen MR) is 128 cm³/mol. The molecule has 1 saturated heterocycles. The number of ether oxygens (including phenoxy) is 1. The van der Waals surface area contributed by atoms with Gasteiger partial charge >= 0.3 is 0 Å². The summed E-state index contributed by atoms with van der Waals surface area (Å²) >= 11 is 6.13. The number of fused-ring (bicyclic) bond motifs is 1. The first kappa shape index (κ1) is 23.1. The Morgan fingerprint density at radius 2 is 2.03 bits per heavy atom. The average molecular weight is 469 g/mol. The Labute approximate surface area is 198 Å². The minimum Gasteiger partial charge on any atom is -0.460 e. The molecule has 174 valence electrons. The zero-order valence-electron chi connectivity index (χ0n) is 19.0. The Kier molecular flexibility index (Phi) is 6.88. The second-order valence-electron chi connectivity index (χ2n) is 8.82. The fourth-order valence-electron chi connectivity index (χ4n) is 4.01. The highest BCUT2D eigenvalue weighted by atomic mass is 35.5. The number of amides is 2. The lowest BCUT2D eigenvalue weighted by Crippen LogP contribution is -2.47. The zero-order chi connectivity index (χ0) is 23.4. The standard InChI is InChI=1S/C25H29ClN4O3/c1-25(2,24(32)27-13-7-15-29-14-6-12-22(29)31)33-23-20-10-3-4-11-21(20)30(28-23)17-18-8-5-9-19(26)16-18/h3-5,8-11,16H,6-7,12-15,17H2,1-2H3,(H,27,32). The number of nitrogens with zero attached hydrogens (tertiary/aromatic N) is 3. The fraction of sp³-hybridized carbons (Fsp3) is 0.400. The number of hydrogen-bond acceptors (Lipinski definition) is 4. The van der Waals surface area contributed by atoms with Gasteiger partial charge in [0.15, 0.2) is 5.60 Å². The molecule has 0 radical (unpaired) electrons. The van der Waals surface area contributed by atoms with Gasteiger partial charge in [0, 0.05) is 31.1 Å². The summed E-state index contributed by atoms with van der Waals surface area (Å²) in [7, 11) is 0. The Morgan fingerprint density at radius 1 is 1.21 bits per heavy atom. The van der Waals surface area contributed by atoms with Crippen LogP contribution in [0.2, 0.25) is 5.02 Å². The molecular weight excluding hydrogens is 440 g/mol. The van der Waals surface area contributed by atoms with E-state index in [0.717, 1.165) is 29.4 Å². The summed E-state index contributed by atoms with van der Waals surface area (Å²) in [6, 6.07) is 15.4. The topological polar surface area (TPSA) is 76.5 Å². The maximum Gasteiger partial charge on any atom is 0.263 e. The second kappa shape index (κ2) is 9.83. The van der Waals surface area contributed by atoms with Crippen LogP contribution in [0.5, 0.6) is 5.88 Å². The normalized spacial score (nSPS) is 14.2. The zero-order valence-corrected chi connectivity index (χ0v) is 19.8. The molecule has 2 aromatic carbocycles. The van der Waals surface area contributed by atoms with Crippen LogP contribution in [0.15, 0.2) is 48.5 Å². The quantitative estimate of drug-likeness (QED) is 0.481. The summed E-state index contributed by atoms with van der Waals surface area (Å²) in [4.78, 5) is 26.4. The van der Waals surface area contributed by atoms with Gasteiger partial charge in [-0.05, 0) is 56.5 Å². The Balaban J connectivity index is 1.42. The van der Waals surface area contributed by atoms with Crippen LogP contribution < -0.4 is 10.1 Å². The number of likely N-dealkylation sites (tertiary alicyclic amines) is 1. The minimum atomic E-state index is -1.11. The van der Waals surface area contributed by atoms with E-state index in [4.69, 9.17) is 16.3 Å². The fourth-order valence-corrected chi connectivity index (χ4v) is 4.23. The van der Waals surface area contributed by atoms with Crippen molar-refractivity contribution in [2.75, 3.05) is 19.6 Å². The van der Waals surface area contributed by atoms with Crippen LogP contribution in [-0.2, 0) is 16.1 Å². The number of carbonyl (C=O) groups is 2. The molecule has 0 bridgehead atoms. The Hall–Kier alpha value is -3.06. The van der Waals surface area contributed by atoms with Crippen LogP contribution in [0.3, 0.4) is 0 Å². The van der Waals surface area contributed by atoms with Gasteiger partial charge in [0.2, 0.25) is 11.8 Å².